The van der Waals surface area contributed by atoms with Crippen molar-refractivity contribution in [1.82, 2.24) is 24.7 Å². The van der Waals surface area contributed by atoms with Crippen LogP contribution in [0.25, 0.3) is 0 Å². The summed E-state index contributed by atoms with van der Waals surface area (Å²) in [7, 11) is 2.02. The molecule has 3 heterocycles. The van der Waals surface area contributed by atoms with Crippen molar-refractivity contribution >= 4 is 36.6 Å². The van der Waals surface area contributed by atoms with Crippen molar-refractivity contribution in [2.75, 3.05) is 26.2 Å². The highest BCUT2D eigenvalue weighted by Crippen LogP contribution is 2.41. The number of aryl methyl sites for hydroxylation is 1. The molecule has 4 rings (SSSR count). The zero-order chi connectivity index (χ0) is 18.1. The maximum atomic E-state index is 12.4. The number of nitrogens with zero attached hydrogens (tertiary/aromatic N) is 4. The van der Waals surface area contributed by atoms with Gasteiger partial charge in [0.2, 0.25) is 11.8 Å². The van der Waals surface area contributed by atoms with E-state index in [0.717, 1.165) is 44.3 Å². The Morgan fingerprint density at radius 3 is 2.68 bits per heavy atom. The minimum atomic E-state index is 0. The van der Waals surface area contributed by atoms with Gasteiger partial charge in [-0.25, -0.2) is 4.98 Å². The molecular formula is C19H31Cl2N5O2. The van der Waals surface area contributed by atoms with E-state index >= 15 is 0 Å². The minimum absolute atomic E-state index is 0. The third-order valence-corrected chi connectivity index (χ3v) is 6.08. The number of hydrogen-bond donors (Lipinski definition) is 1. The molecule has 1 N–H and O–H groups in total. The molecule has 2 saturated heterocycles. The number of carbonyl (C=O) groups excluding carboxylic acids is 2. The van der Waals surface area contributed by atoms with E-state index in [4.69, 9.17) is 0 Å². The summed E-state index contributed by atoms with van der Waals surface area (Å²) in [5, 5.41) is 3.27. The van der Waals surface area contributed by atoms with Gasteiger partial charge in [0.25, 0.3) is 0 Å². The average molecular weight is 432 g/mol. The summed E-state index contributed by atoms with van der Waals surface area (Å²) in [5.74, 6) is 2.65. The van der Waals surface area contributed by atoms with Gasteiger partial charge in [0.15, 0.2) is 0 Å². The van der Waals surface area contributed by atoms with Crippen molar-refractivity contribution in [2.24, 2.45) is 18.9 Å². The van der Waals surface area contributed by atoms with Crippen LogP contribution < -0.4 is 5.32 Å². The largest absolute Gasteiger partial charge is 0.352 e. The Morgan fingerprint density at radius 2 is 2.07 bits per heavy atom. The van der Waals surface area contributed by atoms with Crippen LogP contribution in [-0.2, 0) is 23.2 Å². The van der Waals surface area contributed by atoms with Crippen LogP contribution in [0.4, 0.5) is 0 Å². The van der Waals surface area contributed by atoms with Crippen molar-refractivity contribution in [2.45, 2.75) is 44.7 Å². The first kappa shape index (κ1) is 23.0. The fraction of sp³-hybridized carbons (Fsp3) is 0.737. The molecule has 0 radical (unpaired) electrons. The number of rotatable bonds is 7. The number of imidazole rings is 1. The number of likely N-dealkylation sites (tertiary alicyclic amines) is 2. The van der Waals surface area contributed by atoms with Crippen molar-refractivity contribution in [3.63, 3.8) is 0 Å². The number of aromatic nitrogens is 2. The first-order valence-electron chi connectivity index (χ1n) is 9.86. The van der Waals surface area contributed by atoms with E-state index in [0.29, 0.717) is 25.3 Å². The Balaban J connectivity index is 0.00000140. The second kappa shape index (κ2) is 9.94. The highest BCUT2D eigenvalue weighted by Gasteiger charge is 2.43. The molecule has 0 aromatic carbocycles. The van der Waals surface area contributed by atoms with Crippen LogP contribution in [0.5, 0.6) is 0 Å². The van der Waals surface area contributed by atoms with Gasteiger partial charge in [-0.3, -0.25) is 14.5 Å². The number of carbonyl (C=O) groups is 2. The summed E-state index contributed by atoms with van der Waals surface area (Å²) >= 11 is 0. The zero-order valence-electron chi connectivity index (χ0n) is 16.4. The first-order chi connectivity index (χ1) is 12.6. The smallest absolute Gasteiger partial charge is 0.222 e. The number of amides is 2. The lowest BCUT2D eigenvalue weighted by Gasteiger charge is -2.21. The van der Waals surface area contributed by atoms with E-state index in [1.807, 2.05) is 24.3 Å². The molecule has 158 valence electrons. The quantitative estimate of drug-likeness (QED) is 0.711. The summed E-state index contributed by atoms with van der Waals surface area (Å²) in [4.78, 5) is 32.8. The normalized spacial score (nSPS) is 24.8. The van der Waals surface area contributed by atoms with Crippen LogP contribution in [0.2, 0.25) is 0 Å². The molecule has 1 aliphatic carbocycles. The van der Waals surface area contributed by atoms with Crippen LogP contribution in [0.1, 0.15) is 37.9 Å². The van der Waals surface area contributed by atoms with E-state index < -0.39 is 0 Å². The zero-order valence-corrected chi connectivity index (χ0v) is 18.0. The Bertz CT molecular complexity index is 679. The van der Waals surface area contributed by atoms with E-state index in [-0.39, 0.29) is 42.7 Å². The van der Waals surface area contributed by atoms with Gasteiger partial charge < -0.3 is 14.8 Å². The Labute approximate surface area is 179 Å². The molecular weight excluding hydrogens is 401 g/mol. The summed E-state index contributed by atoms with van der Waals surface area (Å²) in [6, 6.07) is 0.226. The molecule has 9 heteroatoms. The van der Waals surface area contributed by atoms with Gasteiger partial charge in [0, 0.05) is 64.5 Å². The first-order valence-corrected chi connectivity index (χ1v) is 9.86. The molecule has 0 unspecified atom stereocenters. The monoisotopic (exact) mass is 431 g/mol. The average Bonchev–Trinajstić information content (AvgIpc) is 3.07. The second-order valence-electron chi connectivity index (χ2n) is 8.06. The molecule has 1 saturated carbocycles. The summed E-state index contributed by atoms with van der Waals surface area (Å²) in [5.41, 5.74) is 0. The molecule has 28 heavy (non-hydrogen) atoms. The van der Waals surface area contributed by atoms with E-state index in [1.165, 1.54) is 12.8 Å². The van der Waals surface area contributed by atoms with Gasteiger partial charge in [0.05, 0.1) is 6.54 Å². The van der Waals surface area contributed by atoms with Gasteiger partial charge in [0.1, 0.15) is 5.82 Å². The fourth-order valence-corrected chi connectivity index (χ4v) is 4.40. The SMILES string of the molecule is Cl.Cl.Cn1ccnc1CN1C[C@H](NC(=O)CCN2CCCC2=O)[C@@H](C2CC2)C1. The third-order valence-electron chi connectivity index (χ3n) is 6.08. The fourth-order valence-electron chi connectivity index (χ4n) is 4.40. The van der Waals surface area contributed by atoms with Crippen LogP contribution >= 0.6 is 24.8 Å². The molecule has 7 nitrogen and oxygen atoms in total. The molecule has 2 aliphatic heterocycles. The van der Waals surface area contributed by atoms with Gasteiger partial charge in [-0.1, -0.05) is 0 Å². The lowest BCUT2D eigenvalue weighted by molar-refractivity contribution is -0.128. The number of nitrogens with one attached hydrogen (secondary N) is 1. The molecule has 3 aliphatic rings. The summed E-state index contributed by atoms with van der Waals surface area (Å²) in [6.45, 7) is 4.12. The van der Waals surface area contributed by atoms with Crippen molar-refractivity contribution in [3.05, 3.63) is 18.2 Å². The molecule has 2 amide bonds. The lowest BCUT2D eigenvalue weighted by Crippen LogP contribution is -2.42. The molecule has 0 bridgehead atoms. The second-order valence-corrected chi connectivity index (χ2v) is 8.06. The number of halogens is 2. The molecule has 3 fully saturated rings. The van der Waals surface area contributed by atoms with E-state index in [1.54, 1.807) is 0 Å². The van der Waals surface area contributed by atoms with Crippen molar-refractivity contribution in [1.29, 1.82) is 0 Å². The van der Waals surface area contributed by atoms with Gasteiger partial charge in [-0.2, -0.15) is 0 Å². The maximum Gasteiger partial charge on any atom is 0.222 e. The summed E-state index contributed by atoms with van der Waals surface area (Å²) in [6.07, 6.45) is 8.36. The van der Waals surface area contributed by atoms with Gasteiger partial charge >= 0.3 is 0 Å². The number of hydrogen-bond acceptors (Lipinski definition) is 4. The van der Waals surface area contributed by atoms with Crippen LogP contribution in [0.3, 0.4) is 0 Å². The van der Waals surface area contributed by atoms with E-state index in [9.17, 15) is 9.59 Å². The predicted octanol–water partition coefficient (Wildman–Crippen LogP) is 1.60. The standard InChI is InChI=1S/C19H29N5O2.2ClH/c1-22-10-7-20-17(22)13-23-11-15(14-4-5-14)16(12-23)21-18(25)6-9-24-8-2-3-19(24)26;;/h7,10,14-16H,2-6,8-9,11-13H2,1H3,(H,21,25);2*1H/t15-,16+;;/m1../s1. The molecule has 1 aromatic rings. The van der Waals surface area contributed by atoms with Crippen molar-refractivity contribution in [3.8, 4) is 0 Å². The maximum absolute atomic E-state index is 12.4. The van der Waals surface area contributed by atoms with Crippen LogP contribution in [0, 0.1) is 11.8 Å². The summed E-state index contributed by atoms with van der Waals surface area (Å²) < 4.78 is 2.06. The highest BCUT2D eigenvalue weighted by molar-refractivity contribution is 5.85. The molecule has 2 atom stereocenters. The Hall–Kier alpha value is -1.31. The molecule has 1 aromatic heterocycles. The third kappa shape index (κ3) is 5.39. The minimum Gasteiger partial charge on any atom is -0.352 e. The van der Waals surface area contributed by atoms with E-state index in [2.05, 4.69) is 19.8 Å². The van der Waals surface area contributed by atoms with Gasteiger partial charge in [-0.05, 0) is 31.1 Å². The van der Waals surface area contributed by atoms with Crippen molar-refractivity contribution < 1.29 is 9.59 Å². The Morgan fingerprint density at radius 1 is 1.29 bits per heavy atom. The van der Waals surface area contributed by atoms with Gasteiger partial charge in [-0.15, -0.1) is 24.8 Å². The van der Waals surface area contributed by atoms with Crippen LogP contribution in [-0.4, -0.2) is 63.4 Å². The topological polar surface area (TPSA) is 70.5 Å². The Kier molecular flexibility index (Phi) is 8.16. The van der Waals surface area contributed by atoms with Crippen LogP contribution in [0.15, 0.2) is 12.4 Å². The molecule has 0 spiro atoms. The lowest BCUT2D eigenvalue weighted by atomic mass is 9.98. The highest BCUT2D eigenvalue weighted by atomic mass is 35.5. The predicted molar refractivity (Wildman–Crippen MR) is 112 cm³/mol.